The van der Waals surface area contributed by atoms with Crippen molar-refractivity contribution in [1.82, 2.24) is 62.5 Å². The number of carbonyl (C=O) groups excluding carboxylic acids is 2. The number of hydrogen-bond donors (Lipinski definition) is 10. The summed E-state index contributed by atoms with van der Waals surface area (Å²) < 4.78 is 0. The van der Waals surface area contributed by atoms with Crippen LogP contribution in [-0.2, 0) is 22.4 Å². The second kappa shape index (κ2) is 35.7. The molecule has 0 aromatic carbocycles. The summed E-state index contributed by atoms with van der Waals surface area (Å²) in [6.07, 6.45) is 17.3. The molecule has 14 heteroatoms. The number of fused-ring (bicyclic) bond motifs is 8. The highest BCUT2D eigenvalue weighted by atomic mass is 16.2. The maximum absolute atomic E-state index is 13.4. The average Bonchev–Trinajstić information content (AvgIpc) is 4.08. The lowest BCUT2D eigenvalue weighted by Crippen LogP contribution is -2.25. The van der Waals surface area contributed by atoms with Crippen LogP contribution in [-0.4, -0.2) is 123 Å². The molecule has 76 heavy (non-hydrogen) atoms. The number of aryl methyl sites for hydroxylation is 4. The molecule has 0 saturated carbocycles. The molecule has 2 aliphatic heterocycles. The monoisotopic (exact) mass is 1050 g/mol. The molecule has 422 valence electrons. The van der Waals surface area contributed by atoms with Crippen molar-refractivity contribution >= 4 is 56.2 Å². The van der Waals surface area contributed by atoms with Gasteiger partial charge in [0.1, 0.15) is 0 Å². The zero-order valence-electron chi connectivity index (χ0n) is 48.6. The van der Waals surface area contributed by atoms with Crippen LogP contribution in [0.2, 0.25) is 0 Å². The van der Waals surface area contributed by atoms with Crippen molar-refractivity contribution in [2.45, 2.75) is 171 Å². The topological polar surface area (TPSA) is 188 Å². The van der Waals surface area contributed by atoms with Gasteiger partial charge in [0, 0.05) is 48.0 Å². The van der Waals surface area contributed by atoms with Gasteiger partial charge < -0.3 is 52.5 Å². The molecule has 0 aliphatic carbocycles. The molecule has 14 nitrogen and oxygen atoms in total. The van der Waals surface area contributed by atoms with Crippen molar-refractivity contribution in [3.05, 3.63) is 69.3 Å². The summed E-state index contributed by atoms with van der Waals surface area (Å²) in [6, 6.07) is 8.74. The third-order valence-corrected chi connectivity index (χ3v) is 15.2. The van der Waals surface area contributed by atoms with Gasteiger partial charge in [-0.1, -0.05) is 27.7 Å². The molecule has 3 aromatic heterocycles. The van der Waals surface area contributed by atoms with Gasteiger partial charge in [0.25, 0.3) is 0 Å². The Morgan fingerprint density at radius 1 is 0.395 bits per heavy atom. The summed E-state index contributed by atoms with van der Waals surface area (Å²) in [5.41, 5.74) is 17.0. The van der Waals surface area contributed by atoms with Gasteiger partial charge in [-0.2, -0.15) is 0 Å². The Hall–Kier alpha value is -4.70. The van der Waals surface area contributed by atoms with E-state index in [-0.39, 0.29) is 11.8 Å². The van der Waals surface area contributed by atoms with E-state index < -0.39 is 0 Å². The summed E-state index contributed by atoms with van der Waals surface area (Å²) in [7, 11) is 0. The number of nitrogens with one attached hydrogen (secondary N) is 10. The smallest absolute Gasteiger partial charge is 0.220 e. The Bertz CT molecular complexity index is 2470. The lowest BCUT2D eigenvalue weighted by molar-refractivity contribution is -0.121. The van der Waals surface area contributed by atoms with Gasteiger partial charge in [-0.25, -0.2) is 9.97 Å². The fourth-order valence-corrected chi connectivity index (χ4v) is 10.5. The molecule has 0 spiro atoms. The Kier molecular flexibility index (Phi) is 29.2. The zero-order valence-corrected chi connectivity index (χ0v) is 48.6. The molecule has 0 unspecified atom stereocenters. The number of carbonyl (C=O) groups is 2. The Morgan fingerprint density at radius 2 is 0.711 bits per heavy atom. The molecule has 5 heterocycles. The molecule has 5 rings (SSSR count). The molecule has 10 N–H and O–H groups in total. The van der Waals surface area contributed by atoms with Crippen LogP contribution in [0, 0.1) is 13.8 Å². The van der Waals surface area contributed by atoms with Gasteiger partial charge in [-0.3, -0.25) is 9.59 Å². The molecule has 8 bridgehead atoms. The summed E-state index contributed by atoms with van der Waals surface area (Å²) in [6.45, 7) is 31.4. The van der Waals surface area contributed by atoms with Crippen molar-refractivity contribution in [2.24, 2.45) is 0 Å². The average molecular weight is 1050 g/mol. The Morgan fingerprint density at radius 3 is 1.09 bits per heavy atom. The fraction of sp³-hybridized carbons (Fsp3) is 0.645. The molecule has 2 amide bonds. The standard InChI is InChI=1S/C62H102N12O2/c1-9-49-45(5)53-41-54-47(7)51(25-27-61(75)69-39-23-21-37-67-35-19-17-33-65-31-15-13-29-63-11-3)59(73-54)43-56-48(8)52(60(74-56)44-58-50(10-2)46(6)55(72-58)42-57(49)71-53)26-28-62(76)70-40-24-22-38-68-36-20-18-34-66-32-16-14-30-64-12-4/h41-44,63-68,71-72H,9-40H2,1-8H3,(H,69,75)(H,70,76). The number of nitrogens with zero attached hydrogens (tertiary/aromatic N) is 2. The highest BCUT2D eigenvalue weighted by Gasteiger charge is 2.23. The quantitative estimate of drug-likeness (QED) is 0.0246. The van der Waals surface area contributed by atoms with E-state index in [2.05, 4.69) is 132 Å². The van der Waals surface area contributed by atoms with Gasteiger partial charge in [-0.05, 0) is 278 Å². The predicted molar refractivity (Wildman–Crippen MR) is 323 cm³/mol. The highest BCUT2D eigenvalue weighted by Crippen LogP contribution is 2.38. The first kappa shape index (κ1) is 62.1. The molecular formula is C62H102N12O2. The third-order valence-electron chi connectivity index (χ3n) is 15.2. The van der Waals surface area contributed by atoms with Gasteiger partial charge in [0.2, 0.25) is 11.8 Å². The van der Waals surface area contributed by atoms with Gasteiger partial charge in [0.15, 0.2) is 0 Å². The molecule has 0 fully saturated rings. The first-order valence-electron chi connectivity index (χ1n) is 30.0. The second-order valence-corrected chi connectivity index (χ2v) is 21.0. The van der Waals surface area contributed by atoms with Gasteiger partial charge in [0.05, 0.1) is 22.8 Å². The van der Waals surface area contributed by atoms with E-state index in [9.17, 15) is 9.59 Å². The van der Waals surface area contributed by atoms with E-state index in [0.717, 1.165) is 184 Å². The minimum absolute atomic E-state index is 0.0607. The minimum atomic E-state index is 0.0607. The SMILES string of the molecule is CCNCCCCNCCCCNCCCCNC(=O)CCC1=C(C)c2cc3[nH]c(cc4[nH]c(cc5nc(cc1n2)C(C)=C5CCC(=O)NCCCCNCCCCNCCCCNCC)c(CC)c4C)c(CC)c3C. The maximum atomic E-state index is 13.4. The molecular weight excluding hydrogens is 945 g/mol. The van der Waals surface area contributed by atoms with Crippen LogP contribution in [0.1, 0.15) is 189 Å². The number of hydrogen-bond acceptors (Lipinski definition) is 10. The van der Waals surface area contributed by atoms with Crippen molar-refractivity contribution in [2.75, 3.05) is 91.6 Å². The van der Waals surface area contributed by atoms with Crippen LogP contribution in [0.15, 0.2) is 24.3 Å². The normalized spacial score (nSPS) is 12.6. The van der Waals surface area contributed by atoms with Crippen molar-refractivity contribution < 1.29 is 9.59 Å². The lowest BCUT2D eigenvalue weighted by Gasteiger charge is -2.09. The van der Waals surface area contributed by atoms with Crippen molar-refractivity contribution in [1.29, 1.82) is 0 Å². The Labute approximate surface area is 458 Å². The molecule has 2 aliphatic rings. The van der Waals surface area contributed by atoms with Crippen LogP contribution in [0.4, 0.5) is 0 Å². The summed E-state index contributed by atoms with van der Waals surface area (Å²) >= 11 is 0. The second-order valence-electron chi connectivity index (χ2n) is 21.0. The molecule has 0 radical (unpaired) electrons. The number of amides is 2. The minimum Gasteiger partial charge on any atom is -0.356 e. The summed E-state index contributed by atoms with van der Waals surface area (Å²) in [4.78, 5) is 45.0. The number of allylic oxidation sites excluding steroid dienone is 4. The predicted octanol–water partition coefficient (Wildman–Crippen LogP) is 9.97. The van der Waals surface area contributed by atoms with Gasteiger partial charge in [-0.15, -0.1) is 0 Å². The zero-order chi connectivity index (χ0) is 54.3. The molecule has 3 aromatic rings. The fourth-order valence-electron chi connectivity index (χ4n) is 10.5. The van der Waals surface area contributed by atoms with E-state index in [4.69, 9.17) is 9.97 Å². The van der Waals surface area contributed by atoms with Crippen LogP contribution in [0.3, 0.4) is 0 Å². The lowest BCUT2D eigenvalue weighted by atomic mass is 9.98. The van der Waals surface area contributed by atoms with E-state index in [0.29, 0.717) is 38.8 Å². The molecule has 0 atom stereocenters. The van der Waals surface area contributed by atoms with Crippen LogP contribution >= 0.6 is 0 Å². The third kappa shape index (κ3) is 20.6. The van der Waals surface area contributed by atoms with E-state index in [1.54, 1.807) is 0 Å². The van der Waals surface area contributed by atoms with Crippen molar-refractivity contribution in [3.8, 4) is 0 Å². The van der Waals surface area contributed by atoms with E-state index in [1.165, 1.54) is 73.6 Å². The number of aromatic nitrogens is 4. The first-order chi connectivity index (χ1) is 37.1. The van der Waals surface area contributed by atoms with Crippen LogP contribution in [0.25, 0.3) is 44.4 Å². The van der Waals surface area contributed by atoms with Crippen LogP contribution < -0.4 is 42.5 Å². The Balaban J connectivity index is 1.21. The number of aromatic amines is 2. The summed E-state index contributed by atoms with van der Waals surface area (Å²) in [5.74, 6) is 0.124. The van der Waals surface area contributed by atoms with Crippen LogP contribution in [0.5, 0.6) is 0 Å². The van der Waals surface area contributed by atoms with Gasteiger partial charge >= 0.3 is 0 Å². The first-order valence-corrected chi connectivity index (χ1v) is 30.0. The van der Waals surface area contributed by atoms with Crippen molar-refractivity contribution in [3.63, 3.8) is 0 Å². The molecule has 0 saturated heterocycles. The highest BCUT2D eigenvalue weighted by molar-refractivity contribution is 5.97. The maximum Gasteiger partial charge on any atom is 0.220 e. The van der Waals surface area contributed by atoms with E-state index >= 15 is 0 Å². The summed E-state index contributed by atoms with van der Waals surface area (Å²) in [5, 5.41) is 27.5. The number of rotatable bonds is 40. The van der Waals surface area contributed by atoms with E-state index in [1.807, 2.05) is 0 Å². The largest absolute Gasteiger partial charge is 0.356 e. The number of H-pyrrole nitrogens is 2. The number of unbranched alkanes of at least 4 members (excludes halogenated alkanes) is 6.